The van der Waals surface area contributed by atoms with E-state index in [0.717, 1.165) is 17.3 Å². The molecule has 0 radical (unpaired) electrons. The number of aromatic nitrogens is 4. The Morgan fingerprint density at radius 1 is 1.06 bits per heavy atom. The minimum atomic E-state index is -0.228. The minimum Gasteiger partial charge on any atom is -0.510 e. The summed E-state index contributed by atoms with van der Waals surface area (Å²) in [7, 11) is 0. The number of hydrogen-bond acceptors (Lipinski definition) is 7. The number of benzene rings is 3. The number of nitrogens with zero attached hydrogens (tertiary/aromatic N) is 4. The number of aliphatic hydroxyl groups is 1. The minimum absolute atomic E-state index is 0.0156. The van der Waals surface area contributed by atoms with Crippen LogP contribution in [0.3, 0.4) is 0 Å². The highest BCUT2D eigenvalue weighted by Gasteiger charge is 2.17. The van der Waals surface area contributed by atoms with Crippen LogP contribution in [0.15, 0.2) is 88.5 Å². The normalized spacial score (nSPS) is 11.9. The number of imidazole rings is 1. The van der Waals surface area contributed by atoms with Gasteiger partial charge in [0.05, 0.1) is 40.0 Å². The molecular formula is C27H21N5O3S. The van der Waals surface area contributed by atoms with E-state index >= 15 is 0 Å². The number of ether oxygens (including phenoxy) is 1. The van der Waals surface area contributed by atoms with Crippen LogP contribution in [0, 0.1) is 11.3 Å². The molecule has 0 fully saturated rings. The molecule has 0 saturated carbocycles. The summed E-state index contributed by atoms with van der Waals surface area (Å²) in [4.78, 5) is 25.6. The molecule has 0 aliphatic heterocycles. The highest BCUT2D eigenvalue weighted by Crippen LogP contribution is 2.26. The number of fused-ring (bicyclic) bond motifs is 2. The third kappa shape index (κ3) is 4.42. The molecule has 8 nitrogen and oxygen atoms in total. The maximum Gasteiger partial charge on any atom is 0.266 e. The highest BCUT2D eigenvalue weighted by molar-refractivity contribution is 7.99. The number of para-hydroxylation sites is 3. The molecule has 5 aromatic rings. The van der Waals surface area contributed by atoms with Gasteiger partial charge in [-0.25, -0.2) is 9.97 Å². The zero-order chi connectivity index (χ0) is 25.1. The van der Waals surface area contributed by atoms with Gasteiger partial charge in [-0.2, -0.15) is 5.26 Å². The van der Waals surface area contributed by atoms with Crippen LogP contribution in [-0.2, 0) is 0 Å². The van der Waals surface area contributed by atoms with Gasteiger partial charge in [0.15, 0.2) is 11.0 Å². The second kappa shape index (κ2) is 9.98. The number of hydrogen-bond donors (Lipinski definition) is 2. The van der Waals surface area contributed by atoms with Crippen molar-refractivity contribution in [2.75, 3.05) is 12.4 Å². The molecule has 2 heterocycles. The summed E-state index contributed by atoms with van der Waals surface area (Å²) in [6, 6.07) is 23.7. The van der Waals surface area contributed by atoms with E-state index < -0.39 is 0 Å². The average molecular weight is 496 g/mol. The van der Waals surface area contributed by atoms with Crippen LogP contribution in [0.2, 0.25) is 0 Å². The van der Waals surface area contributed by atoms with Crippen molar-refractivity contribution in [1.29, 1.82) is 5.26 Å². The van der Waals surface area contributed by atoms with Crippen LogP contribution in [0.1, 0.15) is 12.7 Å². The van der Waals surface area contributed by atoms with E-state index in [1.165, 1.54) is 4.57 Å². The largest absolute Gasteiger partial charge is 0.510 e. The first-order valence-corrected chi connectivity index (χ1v) is 12.2. The molecule has 0 spiro atoms. The lowest BCUT2D eigenvalue weighted by Gasteiger charge is -2.14. The van der Waals surface area contributed by atoms with Gasteiger partial charge in [-0.15, -0.1) is 0 Å². The number of rotatable bonds is 7. The smallest absolute Gasteiger partial charge is 0.266 e. The fraction of sp³-hybridized carbons (Fsp3) is 0.111. The fourth-order valence-corrected chi connectivity index (χ4v) is 4.72. The molecule has 0 aliphatic carbocycles. The van der Waals surface area contributed by atoms with Gasteiger partial charge >= 0.3 is 0 Å². The van der Waals surface area contributed by atoms with Gasteiger partial charge in [0, 0.05) is 0 Å². The number of nitrogens with one attached hydrogen (secondary N) is 1. The molecule has 0 aliphatic rings. The first-order chi connectivity index (χ1) is 17.6. The lowest BCUT2D eigenvalue weighted by atomic mass is 10.2. The van der Waals surface area contributed by atoms with Crippen molar-refractivity contribution in [3.8, 4) is 17.5 Å². The Hall–Kier alpha value is -4.55. The van der Waals surface area contributed by atoms with Crippen molar-refractivity contribution < 1.29 is 9.84 Å². The van der Waals surface area contributed by atoms with E-state index in [9.17, 15) is 15.2 Å². The molecule has 0 atom stereocenters. The van der Waals surface area contributed by atoms with Crippen molar-refractivity contribution in [3.05, 3.63) is 94.7 Å². The molecule has 0 saturated heterocycles. The Balaban J connectivity index is 1.54. The average Bonchev–Trinajstić information content (AvgIpc) is 3.33. The second-order valence-corrected chi connectivity index (χ2v) is 8.75. The van der Waals surface area contributed by atoms with Gasteiger partial charge in [-0.3, -0.25) is 9.36 Å². The number of thioether (sulfide) groups is 1. The lowest BCUT2D eigenvalue weighted by molar-refractivity contribution is 0.340. The monoisotopic (exact) mass is 495 g/mol. The van der Waals surface area contributed by atoms with Crippen LogP contribution in [-0.4, -0.2) is 37.0 Å². The van der Waals surface area contributed by atoms with Crippen LogP contribution < -0.4 is 10.3 Å². The van der Waals surface area contributed by atoms with Crippen LogP contribution >= 0.6 is 11.8 Å². The van der Waals surface area contributed by atoms with Gasteiger partial charge in [-0.05, 0) is 55.5 Å². The number of H-pyrrole nitrogens is 1. The second-order valence-electron chi connectivity index (χ2n) is 7.80. The molecule has 0 bridgehead atoms. The van der Waals surface area contributed by atoms with Crippen LogP contribution in [0.5, 0.6) is 5.75 Å². The van der Waals surface area contributed by atoms with Crippen molar-refractivity contribution >= 4 is 39.3 Å². The summed E-state index contributed by atoms with van der Waals surface area (Å²) >= 11 is 1.16. The van der Waals surface area contributed by atoms with E-state index in [1.807, 2.05) is 43.3 Å². The maximum absolute atomic E-state index is 13.5. The van der Waals surface area contributed by atoms with E-state index in [2.05, 4.69) is 9.97 Å². The molecule has 0 amide bonds. The molecule has 9 heteroatoms. The predicted octanol–water partition coefficient (Wildman–Crippen LogP) is 5.25. The third-order valence-corrected chi connectivity index (χ3v) is 6.47. The topological polar surface area (TPSA) is 117 Å². The van der Waals surface area contributed by atoms with Crippen molar-refractivity contribution in [2.45, 2.75) is 12.1 Å². The Labute approximate surface area is 210 Å². The molecule has 36 heavy (non-hydrogen) atoms. The summed E-state index contributed by atoms with van der Waals surface area (Å²) in [5, 5.41) is 21.4. The molecule has 178 valence electrons. The van der Waals surface area contributed by atoms with Crippen molar-refractivity contribution in [1.82, 2.24) is 19.5 Å². The zero-order valence-electron chi connectivity index (χ0n) is 19.3. The van der Waals surface area contributed by atoms with Crippen molar-refractivity contribution in [2.24, 2.45) is 0 Å². The molecule has 0 unspecified atom stereocenters. The first kappa shape index (κ1) is 23.2. The van der Waals surface area contributed by atoms with E-state index in [0.29, 0.717) is 39.6 Å². The van der Waals surface area contributed by atoms with Crippen molar-refractivity contribution in [3.63, 3.8) is 0 Å². The van der Waals surface area contributed by atoms with E-state index in [4.69, 9.17) is 9.72 Å². The molecule has 5 rings (SSSR count). The fourth-order valence-electron chi connectivity index (χ4n) is 3.83. The summed E-state index contributed by atoms with van der Waals surface area (Å²) in [5.74, 6) is 0.832. The highest BCUT2D eigenvalue weighted by atomic mass is 32.2. The number of nitriles is 1. The third-order valence-electron chi connectivity index (χ3n) is 5.52. The predicted molar refractivity (Wildman–Crippen MR) is 140 cm³/mol. The summed E-state index contributed by atoms with van der Waals surface area (Å²) in [6.07, 6.45) is 0. The first-order valence-electron chi connectivity index (χ1n) is 11.2. The quantitative estimate of drug-likeness (QED) is 0.137. The van der Waals surface area contributed by atoms with Gasteiger partial charge in [0.25, 0.3) is 5.56 Å². The Kier molecular flexibility index (Phi) is 6.43. The van der Waals surface area contributed by atoms with Crippen LogP contribution in [0.4, 0.5) is 0 Å². The SMILES string of the molecule is CCOc1ccc(-n2c(SC/C(O)=C(\C#N)c3nc4ccccc4[nH]3)nc3ccccc3c2=O)cc1. The summed E-state index contributed by atoms with van der Waals surface area (Å²) in [5.41, 5.74) is 2.43. The van der Waals surface area contributed by atoms with Gasteiger partial charge in [0.1, 0.15) is 23.2 Å². The number of aliphatic hydroxyl groups excluding tert-OH is 1. The number of aromatic amines is 1. The lowest BCUT2D eigenvalue weighted by Crippen LogP contribution is -2.22. The van der Waals surface area contributed by atoms with Gasteiger partial charge in [0.2, 0.25) is 0 Å². The Morgan fingerprint density at radius 3 is 2.50 bits per heavy atom. The Bertz CT molecular complexity index is 1660. The standard InChI is InChI=1S/C27H21N5O3S/c1-2-35-18-13-11-17(12-14-18)32-26(34)19-7-3-4-8-21(19)31-27(32)36-16-24(33)20(15-28)25-29-22-9-5-6-10-23(22)30-25/h3-14,33H,2,16H2,1H3,(H,29,30)/b24-20-. The molecule has 3 aromatic carbocycles. The Morgan fingerprint density at radius 2 is 1.78 bits per heavy atom. The van der Waals surface area contributed by atoms with Gasteiger partial charge in [-0.1, -0.05) is 36.0 Å². The maximum atomic E-state index is 13.5. The molecular weight excluding hydrogens is 474 g/mol. The summed E-state index contributed by atoms with van der Waals surface area (Å²) in [6.45, 7) is 2.44. The van der Waals surface area contributed by atoms with Crippen LogP contribution in [0.25, 0.3) is 33.2 Å². The van der Waals surface area contributed by atoms with Gasteiger partial charge < -0.3 is 14.8 Å². The molecule has 2 N–H and O–H groups in total. The zero-order valence-corrected chi connectivity index (χ0v) is 20.1. The van der Waals surface area contributed by atoms with E-state index in [-0.39, 0.29) is 28.5 Å². The summed E-state index contributed by atoms with van der Waals surface area (Å²) < 4.78 is 7.03. The van der Waals surface area contributed by atoms with E-state index in [1.54, 1.807) is 42.5 Å². The molecule has 2 aromatic heterocycles. The number of allylic oxidation sites excluding steroid dienone is 1.